The lowest BCUT2D eigenvalue weighted by Gasteiger charge is -2.14. The lowest BCUT2D eigenvalue weighted by Crippen LogP contribution is -2.30. The van der Waals surface area contributed by atoms with E-state index < -0.39 is 18.0 Å². The Morgan fingerprint density at radius 2 is 1.79 bits per heavy atom. The topological polar surface area (TPSA) is 97.6 Å². The van der Waals surface area contributed by atoms with Gasteiger partial charge in [-0.15, -0.1) is 0 Å². The van der Waals surface area contributed by atoms with Gasteiger partial charge in [0.2, 0.25) is 0 Å². The molecule has 152 valence electrons. The number of hydrogen-bond acceptors (Lipinski definition) is 6. The standard InChI is InChI=1S/C21H21ClN2O5/c1-13(21(26)24-16-6-5-15(12-23)19(22)10-16)29-20(25)7-4-14-8-17(27-2)11-18(9-14)28-3/h5-6,8-11,13H,4,7H2,1-3H3,(H,24,26)/t13-/m1/s1. The van der Waals surface area contributed by atoms with Crippen LogP contribution < -0.4 is 14.8 Å². The molecule has 0 aliphatic carbocycles. The van der Waals surface area contributed by atoms with Crippen LogP contribution in [0.4, 0.5) is 5.69 Å². The zero-order valence-corrected chi connectivity index (χ0v) is 17.1. The van der Waals surface area contributed by atoms with E-state index in [0.717, 1.165) is 5.56 Å². The van der Waals surface area contributed by atoms with Gasteiger partial charge in [0.05, 0.1) is 24.8 Å². The first-order valence-corrected chi connectivity index (χ1v) is 9.16. The van der Waals surface area contributed by atoms with Crippen LogP contribution in [0.5, 0.6) is 11.5 Å². The molecule has 1 atom stereocenters. The minimum Gasteiger partial charge on any atom is -0.497 e. The summed E-state index contributed by atoms with van der Waals surface area (Å²) in [5.41, 5.74) is 1.56. The van der Waals surface area contributed by atoms with Gasteiger partial charge in [0.25, 0.3) is 5.91 Å². The third-order valence-electron chi connectivity index (χ3n) is 4.06. The summed E-state index contributed by atoms with van der Waals surface area (Å²) < 4.78 is 15.6. The van der Waals surface area contributed by atoms with Crippen LogP contribution in [0.2, 0.25) is 5.02 Å². The first-order chi connectivity index (χ1) is 13.9. The van der Waals surface area contributed by atoms with Crippen molar-refractivity contribution in [1.82, 2.24) is 0 Å². The Labute approximate surface area is 174 Å². The smallest absolute Gasteiger partial charge is 0.306 e. The van der Waals surface area contributed by atoms with Crippen molar-refractivity contribution >= 4 is 29.2 Å². The second-order valence-electron chi connectivity index (χ2n) is 6.15. The molecule has 1 amide bonds. The zero-order valence-electron chi connectivity index (χ0n) is 16.3. The van der Waals surface area contributed by atoms with Crippen molar-refractivity contribution in [1.29, 1.82) is 5.26 Å². The number of nitriles is 1. The molecule has 0 saturated heterocycles. The van der Waals surface area contributed by atoms with E-state index in [1.54, 1.807) is 38.5 Å². The van der Waals surface area contributed by atoms with Crippen molar-refractivity contribution < 1.29 is 23.8 Å². The Balaban J connectivity index is 1.89. The van der Waals surface area contributed by atoms with Gasteiger partial charge in [-0.3, -0.25) is 9.59 Å². The van der Waals surface area contributed by atoms with Crippen LogP contribution in [-0.4, -0.2) is 32.2 Å². The molecular formula is C21H21ClN2O5. The summed E-state index contributed by atoms with van der Waals surface area (Å²) in [4.78, 5) is 24.3. The SMILES string of the molecule is COc1cc(CCC(=O)O[C@H](C)C(=O)Nc2ccc(C#N)c(Cl)c2)cc(OC)c1. The van der Waals surface area contributed by atoms with E-state index in [-0.39, 0.29) is 11.4 Å². The number of rotatable bonds is 8. The fourth-order valence-corrected chi connectivity index (χ4v) is 2.72. The maximum Gasteiger partial charge on any atom is 0.306 e. The van der Waals surface area contributed by atoms with Gasteiger partial charge in [0, 0.05) is 18.2 Å². The number of methoxy groups -OCH3 is 2. The molecule has 0 unspecified atom stereocenters. The third-order valence-corrected chi connectivity index (χ3v) is 4.38. The van der Waals surface area contributed by atoms with E-state index in [9.17, 15) is 9.59 Å². The van der Waals surface area contributed by atoms with E-state index in [2.05, 4.69) is 5.32 Å². The second kappa shape index (κ2) is 10.3. The zero-order chi connectivity index (χ0) is 21.4. The average molecular weight is 417 g/mol. The van der Waals surface area contributed by atoms with Gasteiger partial charge in [0.1, 0.15) is 17.6 Å². The number of ether oxygens (including phenoxy) is 3. The van der Waals surface area contributed by atoms with Crippen LogP contribution in [0.25, 0.3) is 0 Å². The largest absolute Gasteiger partial charge is 0.497 e. The molecule has 0 spiro atoms. The molecule has 0 fully saturated rings. The highest BCUT2D eigenvalue weighted by Crippen LogP contribution is 2.23. The summed E-state index contributed by atoms with van der Waals surface area (Å²) in [6, 6.07) is 11.8. The monoisotopic (exact) mass is 416 g/mol. The molecule has 0 heterocycles. The molecule has 0 bridgehead atoms. The van der Waals surface area contributed by atoms with Crippen molar-refractivity contribution in [3.05, 3.63) is 52.5 Å². The Morgan fingerprint density at radius 1 is 1.14 bits per heavy atom. The molecule has 1 N–H and O–H groups in total. The minimum atomic E-state index is -0.989. The lowest BCUT2D eigenvalue weighted by atomic mass is 10.1. The molecule has 29 heavy (non-hydrogen) atoms. The first kappa shape index (κ1) is 22.1. The van der Waals surface area contributed by atoms with E-state index in [4.69, 9.17) is 31.1 Å². The number of nitrogens with zero attached hydrogens (tertiary/aromatic N) is 1. The van der Waals surface area contributed by atoms with Gasteiger partial charge in [0.15, 0.2) is 6.10 Å². The highest BCUT2D eigenvalue weighted by atomic mass is 35.5. The molecule has 0 radical (unpaired) electrons. The summed E-state index contributed by atoms with van der Waals surface area (Å²) in [5, 5.41) is 11.7. The highest BCUT2D eigenvalue weighted by Gasteiger charge is 2.18. The van der Waals surface area contributed by atoms with Crippen molar-refractivity contribution in [2.24, 2.45) is 0 Å². The summed E-state index contributed by atoms with van der Waals surface area (Å²) in [6.45, 7) is 1.48. The maximum absolute atomic E-state index is 12.2. The average Bonchev–Trinajstić information content (AvgIpc) is 2.72. The first-order valence-electron chi connectivity index (χ1n) is 8.78. The number of aryl methyl sites for hydroxylation is 1. The molecule has 8 heteroatoms. The Bertz CT molecular complexity index is 917. The van der Waals surface area contributed by atoms with Crippen LogP contribution in [-0.2, 0) is 20.7 Å². The predicted octanol–water partition coefficient (Wildman–Crippen LogP) is 3.73. The summed E-state index contributed by atoms with van der Waals surface area (Å²) in [7, 11) is 3.10. The number of carbonyl (C=O) groups is 2. The van der Waals surface area contributed by atoms with Crippen LogP contribution in [0.15, 0.2) is 36.4 Å². The number of carbonyl (C=O) groups excluding carboxylic acids is 2. The fraction of sp³-hybridized carbons (Fsp3) is 0.286. The van der Waals surface area contributed by atoms with E-state index in [1.807, 2.05) is 6.07 Å². The molecule has 2 aromatic carbocycles. The van der Waals surface area contributed by atoms with Crippen LogP contribution in [0.3, 0.4) is 0 Å². The van der Waals surface area contributed by atoms with Crippen LogP contribution >= 0.6 is 11.6 Å². The van der Waals surface area contributed by atoms with Crippen molar-refractivity contribution in [3.63, 3.8) is 0 Å². The number of nitrogens with one attached hydrogen (secondary N) is 1. The number of halogens is 1. The molecule has 0 aliphatic heterocycles. The van der Waals surface area contributed by atoms with Crippen molar-refractivity contribution in [3.8, 4) is 17.6 Å². The van der Waals surface area contributed by atoms with Crippen molar-refractivity contribution in [2.45, 2.75) is 25.9 Å². The summed E-state index contributed by atoms with van der Waals surface area (Å²) in [5.74, 6) is 0.248. The normalized spacial score (nSPS) is 11.1. The Morgan fingerprint density at radius 3 is 2.34 bits per heavy atom. The van der Waals surface area contributed by atoms with Gasteiger partial charge in [-0.25, -0.2) is 0 Å². The molecular weight excluding hydrogens is 396 g/mol. The van der Waals surface area contributed by atoms with Gasteiger partial charge >= 0.3 is 5.97 Å². The van der Waals surface area contributed by atoms with E-state index in [1.165, 1.54) is 19.1 Å². The minimum absolute atomic E-state index is 0.0939. The summed E-state index contributed by atoms with van der Waals surface area (Å²) in [6.07, 6.45) is -0.487. The summed E-state index contributed by atoms with van der Waals surface area (Å²) >= 11 is 5.94. The van der Waals surface area contributed by atoms with Crippen LogP contribution in [0, 0.1) is 11.3 Å². The molecule has 0 aliphatic rings. The van der Waals surface area contributed by atoms with Gasteiger partial charge in [-0.1, -0.05) is 11.6 Å². The Kier molecular flexibility index (Phi) is 7.87. The van der Waals surface area contributed by atoms with Crippen molar-refractivity contribution in [2.75, 3.05) is 19.5 Å². The molecule has 2 rings (SSSR count). The highest BCUT2D eigenvalue weighted by molar-refractivity contribution is 6.32. The van der Waals surface area contributed by atoms with Gasteiger partial charge in [-0.2, -0.15) is 5.26 Å². The van der Waals surface area contributed by atoms with E-state index >= 15 is 0 Å². The number of amides is 1. The maximum atomic E-state index is 12.2. The molecule has 7 nitrogen and oxygen atoms in total. The van der Waals surface area contributed by atoms with Gasteiger partial charge < -0.3 is 19.5 Å². The lowest BCUT2D eigenvalue weighted by molar-refractivity contribution is -0.153. The third kappa shape index (κ3) is 6.40. The second-order valence-corrected chi connectivity index (χ2v) is 6.56. The Hall–Kier alpha value is -3.24. The number of hydrogen-bond donors (Lipinski definition) is 1. The molecule has 0 aromatic heterocycles. The molecule has 2 aromatic rings. The predicted molar refractivity (Wildman–Crippen MR) is 108 cm³/mol. The quantitative estimate of drug-likeness (QED) is 0.658. The number of esters is 1. The fourth-order valence-electron chi connectivity index (χ4n) is 2.49. The van der Waals surface area contributed by atoms with Gasteiger partial charge in [-0.05, 0) is 49.2 Å². The number of anilines is 1. The van der Waals surface area contributed by atoms with Crippen LogP contribution in [0.1, 0.15) is 24.5 Å². The van der Waals surface area contributed by atoms with E-state index in [0.29, 0.717) is 29.2 Å². The number of benzene rings is 2. The molecule has 0 saturated carbocycles.